The topological polar surface area (TPSA) is 38.3 Å². The predicted octanol–water partition coefficient (Wildman–Crippen LogP) is 4.62. The van der Waals surface area contributed by atoms with Crippen molar-refractivity contribution in [2.45, 2.75) is 39.0 Å². The summed E-state index contributed by atoms with van der Waals surface area (Å²) in [6.45, 7) is 3.58. The second-order valence-electron chi connectivity index (χ2n) is 5.92. The Hall–Kier alpha value is -2.29. The van der Waals surface area contributed by atoms with Gasteiger partial charge in [0, 0.05) is 12.1 Å². The van der Waals surface area contributed by atoms with Crippen molar-refractivity contribution in [1.29, 1.82) is 0 Å². The largest absolute Gasteiger partial charge is 0.494 e. The number of carbonyl (C=O) groups excluding carboxylic acids is 1. The Kier molecular flexibility index (Phi) is 7.88. The van der Waals surface area contributed by atoms with Crippen molar-refractivity contribution in [3.63, 3.8) is 0 Å². The first-order valence-electron chi connectivity index (χ1n) is 8.84. The van der Waals surface area contributed by atoms with E-state index < -0.39 is 0 Å². The van der Waals surface area contributed by atoms with Crippen LogP contribution in [0, 0.1) is 0 Å². The molecule has 0 atom stereocenters. The average molecular weight is 325 g/mol. The summed E-state index contributed by atoms with van der Waals surface area (Å²) >= 11 is 0. The van der Waals surface area contributed by atoms with Crippen LogP contribution in [0.15, 0.2) is 54.6 Å². The lowest BCUT2D eigenvalue weighted by atomic mass is 10.1. The first-order valence-corrected chi connectivity index (χ1v) is 8.84. The molecule has 24 heavy (non-hydrogen) atoms. The molecule has 3 nitrogen and oxygen atoms in total. The standard InChI is InChI=1S/C21H27NO2/c1-2-3-4-8-17-24-20-13-11-19(12-14-20)21(23)22-16-15-18-9-6-5-7-10-18/h5-7,9-14H,2-4,8,15-17H2,1H3,(H,22,23). The second kappa shape index (κ2) is 10.5. The maximum absolute atomic E-state index is 12.1. The summed E-state index contributed by atoms with van der Waals surface area (Å²) in [5, 5.41) is 2.95. The molecule has 1 amide bonds. The first kappa shape index (κ1) is 18.1. The lowest BCUT2D eigenvalue weighted by Crippen LogP contribution is -2.25. The highest BCUT2D eigenvalue weighted by Crippen LogP contribution is 2.13. The fourth-order valence-corrected chi connectivity index (χ4v) is 2.49. The highest BCUT2D eigenvalue weighted by atomic mass is 16.5. The second-order valence-corrected chi connectivity index (χ2v) is 5.92. The zero-order valence-electron chi connectivity index (χ0n) is 14.5. The Morgan fingerprint density at radius 2 is 1.71 bits per heavy atom. The van der Waals surface area contributed by atoms with Crippen LogP contribution < -0.4 is 10.1 Å². The smallest absolute Gasteiger partial charge is 0.251 e. The molecule has 3 heteroatoms. The van der Waals surface area contributed by atoms with Crippen molar-refractivity contribution >= 4 is 5.91 Å². The van der Waals surface area contributed by atoms with Gasteiger partial charge in [-0.25, -0.2) is 0 Å². The molecule has 2 aromatic rings. The highest BCUT2D eigenvalue weighted by molar-refractivity contribution is 5.94. The van der Waals surface area contributed by atoms with Crippen LogP contribution >= 0.6 is 0 Å². The minimum absolute atomic E-state index is 0.0413. The van der Waals surface area contributed by atoms with Crippen LogP contribution in [0.1, 0.15) is 48.5 Å². The number of carbonyl (C=O) groups is 1. The third kappa shape index (κ3) is 6.45. The van der Waals surface area contributed by atoms with Gasteiger partial charge >= 0.3 is 0 Å². The maximum atomic E-state index is 12.1. The molecule has 0 fully saturated rings. The predicted molar refractivity (Wildman–Crippen MR) is 98.6 cm³/mol. The number of benzene rings is 2. The summed E-state index contributed by atoms with van der Waals surface area (Å²) in [6, 6.07) is 17.5. The molecule has 2 aromatic carbocycles. The van der Waals surface area contributed by atoms with Crippen molar-refractivity contribution in [2.75, 3.05) is 13.2 Å². The molecule has 0 aliphatic heterocycles. The highest BCUT2D eigenvalue weighted by Gasteiger charge is 2.05. The van der Waals surface area contributed by atoms with Gasteiger partial charge in [-0.05, 0) is 42.7 Å². The van der Waals surface area contributed by atoms with Crippen LogP contribution in [0.4, 0.5) is 0 Å². The minimum Gasteiger partial charge on any atom is -0.494 e. The van der Waals surface area contributed by atoms with Gasteiger partial charge in [0.25, 0.3) is 5.91 Å². The lowest BCUT2D eigenvalue weighted by molar-refractivity contribution is 0.0954. The molecule has 0 unspecified atom stereocenters. The number of unbranched alkanes of at least 4 members (excludes halogenated alkanes) is 3. The van der Waals surface area contributed by atoms with Crippen molar-refractivity contribution in [2.24, 2.45) is 0 Å². The molecule has 0 aromatic heterocycles. The van der Waals surface area contributed by atoms with Gasteiger partial charge < -0.3 is 10.1 Å². The van der Waals surface area contributed by atoms with Crippen molar-refractivity contribution in [3.8, 4) is 5.75 Å². The summed E-state index contributed by atoms with van der Waals surface area (Å²) in [5.74, 6) is 0.785. The van der Waals surface area contributed by atoms with E-state index in [1.807, 2.05) is 42.5 Å². The van der Waals surface area contributed by atoms with Crippen molar-refractivity contribution < 1.29 is 9.53 Å². The summed E-state index contributed by atoms with van der Waals surface area (Å²) < 4.78 is 5.69. The summed E-state index contributed by atoms with van der Waals surface area (Å²) in [4.78, 5) is 12.1. The maximum Gasteiger partial charge on any atom is 0.251 e. The number of rotatable bonds is 10. The van der Waals surface area contributed by atoms with E-state index in [2.05, 4.69) is 24.4 Å². The van der Waals surface area contributed by atoms with Crippen LogP contribution in [0.5, 0.6) is 5.75 Å². The van der Waals surface area contributed by atoms with Gasteiger partial charge in [0.1, 0.15) is 5.75 Å². The molecule has 0 radical (unpaired) electrons. The molecule has 0 saturated heterocycles. The van der Waals surface area contributed by atoms with Crippen LogP contribution in [-0.4, -0.2) is 19.1 Å². The molecule has 1 N–H and O–H groups in total. The normalized spacial score (nSPS) is 10.4. The lowest BCUT2D eigenvalue weighted by Gasteiger charge is -2.08. The Morgan fingerprint density at radius 3 is 2.42 bits per heavy atom. The van der Waals surface area contributed by atoms with E-state index in [-0.39, 0.29) is 5.91 Å². The fraction of sp³-hybridized carbons (Fsp3) is 0.381. The number of amides is 1. The molecule has 0 bridgehead atoms. The zero-order valence-corrected chi connectivity index (χ0v) is 14.5. The minimum atomic E-state index is -0.0413. The van der Waals surface area contributed by atoms with Crippen LogP contribution in [-0.2, 0) is 6.42 Å². The number of hydrogen-bond acceptors (Lipinski definition) is 2. The molecule has 0 aliphatic carbocycles. The molecule has 0 aliphatic rings. The number of hydrogen-bond donors (Lipinski definition) is 1. The molecule has 0 spiro atoms. The third-order valence-electron chi connectivity index (χ3n) is 3.93. The van der Waals surface area contributed by atoms with Crippen LogP contribution in [0.25, 0.3) is 0 Å². The van der Waals surface area contributed by atoms with E-state index in [0.717, 1.165) is 25.2 Å². The number of nitrogens with one attached hydrogen (secondary N) is 1. The summed E-state index contributed by atoms with van der Waals surface area (Å²) in [5.41, 5.74) is 1.89. The molecular formula is C21H27NO2. The SMILES string of the molecule is CCCCCCOc1ccc(C(=O)NCCc2ccccc2)cc1. The van der Waals surface area contributed by atoms with Gasteiger partial charge in [0.2, 0.25) is 0 Å². The Bertz CT molecular complexity index is 593. The van der Waals surface area contributed by atoms with E-state index in [1.54, 1.807) is 0 Å². The average Bonchev–Trinajstić information content (AvgIpc) is 2.63. The quantitative estimate of drug-likeness (QED) is 0.647. The van der Waals surface area contributed by atoms with Crippen molar-refractivity contribution in [1.82, 2.24) is 5.32 Å². The van der Waals surface area contributed by atoms with Gasteiger partial charge in [0.15, 0.2) is 0 Å². The van der Waals surface area contributed by atoms with Gasteiger partial charge in [-0.15, -0.1) is 0 Å². The Balaban J connectivity index is 1.70. The summed E-state index contributed by atoms with van der Waals surface area (Å²) in [6.07, 6.45) is 5.61. The molecule has 0 heterocycles. The molecule has 0 saturated carbocycles. The number of ether oxygens (including phenoxy) is 1. The third-order valence-corrected chi connectivity index (χ3v) is 3.93. The van der Waals surface area contributed by atoms with Gasteiger partial charge in [0.05, 0.1) is 6.61 Å². The van der Waals surface area contributed by atoms with Crippen LogP contribution in [0.2, 0.25) is 0 Å². The molecule has 128 valence electrons. The van der Waals surface area contributed by atoms with Crippen LogP contribution in [0.3, 0.4) is 0 Å². The fourth-order valence-electron chi connectivity index (χ4n) is 2.49. The molecule has 2 rings (SSSR count). The Morgan fingerprint density at radius 1 is 0.958 bits per heavy atom. The van der Waals surface area contributed by atoms with Crippen molar-refractivity contribution in [3.05, 3.63) is 65.7 Å². The first-order chi connectivity index (χ1) is 11.8. The van der Waals surface area contributed by atoms with Gasteiger partial charge in [-0.2, -0.15) is 0 Å². The molecular weight excluding hydrogens is 298 g/mol. The van der Waals surface area contributed by atoms with E-state index in [4.69, 9.17) is 4.74 Å². The van der Waals surface area contributed by atoms with Gasteiger partial charge in [-0.1, -0.05) is 56.5 Å². The monoisotopic (exact) mass is 325 g/mol. The summed E-state index contributed by atoms with van der Waals surface area (Å²) in [7, 11) is 0. The van der Waals surface area contributed by atoms with E-state index in [0.29, 0.717) is 12.1 Å². The zero-order chi connectivity index (χ0) is 17.0. The van der Waals surface area contributed by atoms with Gasteiger partial charge in [-0.3, -0.25) is 4.79 Å². The van der Waals surface area contributed by atoms with E-state index in [1.165, 1.54) is 24.8 Å². The van der Waals surface area contributed by atoms with E-state index >= 15 is 0 Å². The Labute approximate surface area is 145 Å². The van der Waals surface area contributed by atoms with E-state index in [9.17, 15) is 4.79 Å².